The highest BCUT2D eigenvalue weighted by atomic mass is 32.2. The first-order valence-electron chi connectivity index (χ1n) is 7.68. The molecule has 0 atom stereocenters. The van der Waals surface area contributed by atoms with E-state index < -0.39 is 5.97 Å². The lowest BCUT2D eigenvalue weighted by molar-refractivity contribution is -0.129. The zero-order chi connectivity index (χ0) is 20.3. The summed E-state index contributed by atoms with van der Waals surface area (Å²) in [7, 11) is 3.72. The summed E-state index contributed by atoms with van der Waals surface area (Å²) in [4.78, 5) is 22.5. The van der Waals surface area contributed by atoms with Crippen LogP contribution in [0.5, 0.6) is 5.75 Å². The topological polar surface area (TPSA) is 127 Å². The number of nitriles is 3. The molecule has 0 saturated carbocycles. The smallest absolute Gasteiger partial charge is 0.356 e. The van der Waals surface area contributed by atoms with E-state index in [0.29, 0.717) is 20.0 Å². The Balaban J connectivity index is 1.89. The van der Waals surface area contributed by atoms with Crippen molar-refractivity contribution in [3.8, 4) is 24.0 Å². The molecule has 0 radical (unpaired) electrons. The van der Waals surface area contributed by atoms with Crippen molar-refractivity contribution in [2.45, 2.75) is 10.1 Å². The zero-order valence-corrected chi connectivity index (χ0v) is 16.3. The highest BCUT2D eigenvalue weighted by molar-refractivity contribution is 8.24. The Labute approximate surface area is 169 Å². The van der Waals surface area contributed by atoms with Crippen molar-refractivity contribution in [2.24, 2.45) is 0 Å². The fraction of sp³-hybridized carbons (Fsp3) is 0.111. The van der Waals surface area contributed by atoms with E-state index in [4.69, 9.17) is 15.3 Å². The van der Waals surface area contributed by atoms with Gasteiger partial charge >= 0.3 is 5.97 Å². The van der Waals surface area contributed by atoms with Crippen LogP contribution in [0, 0.1) is 34.0 Å². The summed E-state index contributed by atoms with van der Waals surface area (Å²) in [5.74, 6) is -0.493. The summed E-state index contributed by atoms with van der Waals surface area (Å²) in [6.45, 7) is 0. The zero-order valence-electron chi connectivity index (χ0n) is 14.6. The van der Waals surface area contributed by atoms with E-state index in [9.17, 15) is 10.1 Å². The second kappa shape index (κ2) is 8.01. The molecule has 1 aliphatic heterocycles. The lowest BCUT2D eigenvalue weighted by Crippen LogP contribution is -2.12. The van der Waals surface area contributed by atoms with Crippen LogP contribution in [0.3, 0.4) is 0 Å². The number of fused-ring (bicyclic) bond motifs is 1. The Kier molecular flexibility index (Phi) is 5.51. The van der Waals surface area contributed by atoms with Crippen molar-refractivity contribution in [1.29, 1.82) is 15.8 Å². The molecule has 0 aliphatic carbocycles. The summed E-state index contributed by atoms with van der Waals surface area (Å²) in [6.07, 6.45) is 0. The van der Waals surface area contributed by atoms with Gasteiger partial charge in [0.05, 0.1) is 4.24 Å². The SMILES string of the molecule is CN(C)c1cccc(OC(=O)C(C#N)=C2Sc3nc(C#N)c(C#N)nc3S2)c1. The maximum atomic E-state index is 12.5. The van der Waals surface area contributed by atoms with Crippen LogP contribution in [0.15, 0.2) is 44.1 Å². The van der Waals surface area contributed by atoms with Gasteiger partial charge in [-0.1, -0.05) is 29.6 Å². The van der Waals surface area contributed by atoms with Crippen molar-refractivity contribution in [3.63, 3.8) is 0 Å². The molecule has 1 aromatic heterocycles. The Morgan fingerprint density at radius 2 is 1.68 bits per heavy atom. The van der Waals surface area contributed by atoms with Gasteiger partial charge in [0.25, 0.3) is 0 Å². The molecular weight excluding hydrogens is 396 g/mol. The Morgan fingerprint density at radius 1 is 1.07 bits per heavy atom. The first kappa shape index (κ1) is 19.2. The molecule has 1 aliphatic rings. The number of esters is 1. The normalized spacial score (nSPS) is 11.6. The van der Waals surface area contributed by atoms with E-state index in [2.05, 4.69) is 9.97 Å². The van der Waals surface area contributed by atoms with Crippen LogP contribution in [-0.4, -0.2) is 30.0 Å². The van der Waals surface area contributed by atoms with Crippen molar-refractivity contribution in [3.05, 3.63) is 45.5 Å². The van der Waals surface area contributed by atoms with E-state index in [1.54, 1.807) is 18.2 Å². The van der Waals surface area contributed by atoms with Gasteiger partial charge in [0.2, 0.25) is 0 Å². The van der Waals surface area contributed by atoms with Gasteiger partial charge in [-0.3, -0.25) is 0 Å². The Morgan fingerprint density at radius 3 is 2.18 bits per heavy atom. The number of carbonyl (C=O) groups excluding carboxylic acids is 1. The molecule has 0 saturated heterocycles. The maximum Gasteiger partial charge on any atom is 0.356 e. The molecule has 2 heterocycles. The Bertz CT molecular complexity index is 1090. The molecule has 0 bridgehead atoms. The van der Waals surface area contributed by atoms with Crippen LogP contribution in [0.2, 0.25) is 0 Å². The van der Waals surface area contributed by atoms with Gasteiger partial charge in [0.15, 0.2) is 17.0 Å². The number of rotatable bonds is 3. The van der Waals surface area contributed by atoms with E-state index in [1.807, 2.05) is 43.3 Å². The van der Waals surface area contributed by atoms with Gasteiger partial charge in [-0.2, -0.15) is 15.8 Å². The second-order valence-electron chi connectivity index (χ2n) is 5.51. The van der Waals surface area contributed by atoms with Crippen LogP contribution < -0.4 is 9.64 Å². The molecular formula is C18H10N6O2S2. The largest absolute Gasteiger partial charge is 0.422 e. The van der Waals surface area contributed by atoms with Gasteiger partial charge < -0.3 is 9.64 Å². The molecule has 1 aromatic carbocycles. The standard InChI is InChI=1S/C18H10N6O2S2/c1-24(2)10-4-3-5-11(6-10)26-17(25)12(7-19)18-27-15-16(28-18)23-14(9-21)13(8-20)22-15/h3-6H,1-2H3. The molecule has 0 spiro atoms. The van der Waals surface area contributed by atoms with Crippen LogP contribution in [-0.2, 0) is 4.79 Å². The summed E-state index contributed by atoms with van der Waals surface area (Å²) in [6, 6.07) is 12.4. The summed E-state index contributed by atoms with van der Waals surface area (Å²) in [5.41, 5.74) is 0.450. The number of anilines is 1. The number of carbonyl (C=O) groups is 1. The van der Waals surface area contributed by atoms with E-state index in [-0.39, 0.29) is 17.0 Å². The minimum absolute atomic E-state index is 0.0998. The highest BCUT2D eigenvalue weighted by Gasteiger charge is 2.29. The lowest BCUT2D eigenvalue weighted by atomic mass is 10.3. The fourth-order valence-electron chi connectivity index (χ4n) is 2.15. The van der Waals surface area contributed by atoms with Crippen LogP contribution in [0.4, 0.5) is 5.69 Å². The average molecular weight is 406 g/mol. The third-order valence-corrected chi connectivity index (χ3v) is 5.85. The number of ether oxygens (including phenoxy) is 1. The van der Waals surface area contributed by atoms with Crippen molar-refractivity contribution in [1.82, 2.24) is 9.97 Å². The van der Waals surface area contributed by atoms with Gasteiger partial charge in [-0.25, -0.2) is 14.8 Å². The van der Waals surface area contributed by atoms with Gasteiger partial charge in [-0.15, -0.1) is 0 Å². The number of aromatic nitrogens is 2. The van der Waals surface area contributed by atoms with Gasteiger partial charge in [0, 0.05) is 25.8 Å². The van der Waals surface area contributed by atoms with Gasteiger partial charge in [-0.05, 0) is 12.1 Å². The molecule has 0 N–H and O–H groups in total. The molecule has 28 heavy (non-hydrogen) atoms. The minimum Gasteiger partial charge on any atom is -0.422 e. The summed E-state index contributed by atoms with van der Waals surface area (Å²) in [5, 5.41) is 28.3. The number of benzene rings is 1. The van der Waals surface area contributed by atoms with Crippen LogP contribution in [0.1, 0.15) is 11.4 Å². The molecule has 0 amide bonds. The molecule has 0 unspecified atom stereocenters. The number of hydrogen-bond donors (Lipinski definition) is 0. The third-order valence-electron chi connectivity index (χ3n) is 3.49. The molecule has 3 rings (SSSR count). The third kappa shape index (κ3) is 3.77. The average Bonchev–Trinajstić information content (AvgIpc) is 3.09. The fourth-order valence-corrected chi connectivity index (χ4v) is 4.39. The van der Waals surface area contributed by atoms with Crippen LogP contribution in [0.25, 0.3) is 0 Å². The van der Waals surface area contributed by atoms with E-state index in [1.165, 1.54) is 0 Å². The van der Waals surface area contributed by atoms with Crippen LogP contribution >= 0.6 is 23.5 Å². The van der Waals surface area contributed by atoms with E-state index >= 15 is 0 Å². The predicted octanol–water partition coefficient (Wildman–Crippen LogP) is 2.82. The number of hydrogen-bond acceptors (Lipinski definition) is 10. The lowest BCUT2D eigenvalue weighted by Gasteiger charge is -2.13. The molecule has 0 fully saturated rings. The monoisotopic (exact) mass is 406 g/mol. The molecule has 2 aromatic rings. The Hall–Kier alpha value is -3.52. The van der Waals surface area contributed by atoms with E-state index in [0.717, 1.165) is 29.2 Å². The number of thioether (sulfide) groups is 2. The minimum atomic E-state index is -0.803. The molecule has 10 heteroatoms. The quantitative estimate of drug-likeness (QED) is 0.325. The second-order valence-corrected chi connectivity index (χ2v) is 7.77. The van der Waals surface area contributed by atoms with Gasteiger partial charge in [0.1, 0.15) is 34.0 Å². The molecule has 136 valence electrons. The summed E-state index contributed by atoms with van der Waals surface area (Å²) >= 11 is 2.08. The highest BCUT2D eigenvalue weighted by Crippen LogP contribution is 2.50. The van der Waals surface area contributed by atoms with Crippen molar-refractivity contribution >= 4 is 35.2 Å². The predicted molar refractivity (Wildman–Crippen MR) is 102 cm³/mol. The van der Waals surface area contributed by atoms with Crippen molar-refractivity contribution < 1.29 is 9.53 Å². The first-order valence-corrected chi connectivity index (χ1v) is 9.32. The van der Waals surface area contributed by atoms with Crippen molar-refractivity contribution in [2.75, 3.05) is 19.0 Å². The maximum absolute atomic E-state index is 12.5. The first-order chi connectivity index (χ1) is 13.5. The molecule has 8 nitrogen and oxygen atoms in total. The number of nitrogens with zero attached hydrogens (tertiary/aromatic N) is 6. The summed E-state index contributed by atoms with van der Waals surface area (Å²) < 4.78 is 5.68.